The Bertz CT molecular complexity index is 1440. The number of para-hydroxylation sites is 1. The van der Waals surface area contributed by atoms with E-state index in [1.54, 1.807) is 11.6 Å². The van der Waals surface area contributed by atoms with Gasteiger partial charge < -0.3 is 40.7 Å². The molecule has 15 nitrogen and oxygen atoms in total. The Morgan fingerprint density at radius 1 is 1.25 bits per heavy atom. The van der Waals surface area contributed by atoms with Gasteiger partial charge in [-0.15, -0.1) is 5.53 Å². The first-order valence-electron chi connectivity index (χ1n) is 12.8. The molecule has 5 rings (SSSR count). The first-order valence-corrected chi connectivity index (χ1v) is 12.8. The summed E-state index contributed by atoms with van der Waals surface area (Å²) in [4.78, 5) is 23.7. The van der Waals surface area contributed by atoms with Crippen LogP contribution in [-0.2, 0) is 4.79 Å². The zero-order chi connectivity index (χ0) is 28.9. The molecule has 0 radical (unpaired) electrons. The molecule has 1 aliphatic rings. The van der Waals surface area contributed by atoms with Gasteiger partial charge in [0.2, 0.25) is 0 Å². The summed E-state index contributed by atoms with van der Waals surface area (Å²) in [7, 11) is 1.63. The summed E-state index contributed by atoms with van der Waals surface area (Å²) in [5.74, 6) is 3.80. The Kier molecular flexibility index (Phi) is 9.14. The molecule has 15 heteroatoms. The minimum Gasteiger partial charge on any atom is -0.550 e. The number of nitrogens with two attached hydrogens (primary N) is 1. The normalized spacial score (nSPS) is 17.5. The van der Waals surface area contributed by atoms with Crippen LogP contribution in [0.5, 0.6) is 5.75 Å². The van der Waals surface area contributed by atoms with Crippen LogP contribution < -0.4 is 32.4 Å². The number of nitrogen functional groups attached to an aromatic ring is 1. The monoisotopic (exact) mass is 557 g/mol. The van der Waals surface area contributed by atoms with Gasteiger partial charge in [0.1, 0.15) is 34.7 Å². The summed E-state index contributed by atoms with van der Waals surface area (Å²) < 4.78 is 7.20. The van der Waals surface area contributed by atoms with E-state index in [2.05, 4.69) is 31.9 Å². The van der Waals surface area contributed by atoms with E-state index in [1.165, 1.54) is 6.33 Å². The highest BCUT2D eigenvalue weighted by molar-refractivity contribution is 5.93. The van der Waals surface area contributed by atoms with E-state index in [0.717, 1.165) is 28.2 Å². The number of aliphatic hydroxyl groups is 3. The standard InChI is InChI=1S/C21H22N6O3.C4H13N3O3/c1-30-15-4-2-3-13-9-14(25-16(13)15)17-18-19(22)23-10-24-27(18)20(26-17)11-5-7-12(8-6-11)21(28)29;5-7-6-4(1-8,2-9)3-10/h2-4,9-12,25H,5-8H2,1H3,(H,28,29)(H2,22,23,24);6-10H,1-3,5H2. The number of aromatic nitrogens is 5. The van der Waals surface area contributed by atoms with Crippen LogP contribution in [0, 0.1) is 5.92 Å². The lowest BCUT2D eigenvalue weighted by molar-refractivity contribution is -0.462. The van der Waals surface area contributed by atoms with Crippen LogP contribution >= 0.6 is 0 Å². The number of carbonyl (C=O) groups excluding carboxylic acids is 1. The summed E-state index contributed by atoms with van der Waals surface area (Å²) in [5, 5.41) is 42.6. The number of ether oxygens (including phenoxy) is 1. The number of fused-ring (bicyclic) bond motifs is 2. The molecule has 4 aromatic rings. The SMILES string of the molecule is COc1cccc2cc(-c3nc(C4CCC(C(=O)[O-])CC4)n4ncnc(N)c34)[nH]c12.[NH3+]NNC(CO)(CO)CO. The lowest BCUT2D eigenvalue weighted by Gasteiger charge is -2.28. The van der Waals surface area contributed by atoms with Gasteiger partial charge in [-0.2, -0.15) is 10.5 Å². The lowest BCUT2D eigenvalue weighted by Crippen LogP contribution is -2.77. The number of nitrogens with zero attached hydrogens (tertiary/aromatic N) is 4. The van der Waals surface area contributed by atoms with E-state index in [0.29, 0.717) is 42.7 Å². The third kappa shape index (κ3) is 5.70. The Morgan fingerprint density at radius 3 is 2.52 bits per heavy atom. The number of hydrogen-bond donors (Lipinski definition) is 8. The molecular formula is C25H35N9O6. The fourth-order valence-corrected chi connectivity index (χ4v) is 4.90. The number of anilines is 1. The van der Waals surface area contributed by atoms with Crippen LogP contribution in [0.25, 0.3) is 27.8 Å². The van der Waals surface area contributed by atoms with E-state index in [9.17, 15) is 9.90 Å². The van der Waals surface area contributed by atoms with E-state index in [-0.39, 0.29) is 25.7 Å². The Balaban J connectivity index is 0.000000318. The zero-order valence-electron chi connectivity index (χ0n) is 22.1. The number of hydrazine groups is 1. The maximum absolute atomic E-state index is 11.2. The number of benzene rings is 1. The van der Waals surface area contributed by atoms with Crippen LogP contribution in [0.1, 0.15) is 37.4 Å². The number of carboxylic acids is 1. The van der Waals surface area contributed by atoms with Gasteiger partial charge in [0.25, 0.3) is 0 Å². The van der Waals surface area contributed by atoms with E-state index >= 15 is 0 Å². The van der Waals surface area contributed by atoms with Gasteiger partial charge >= 0.3 is 0 Å². The van der Waals surface area contributed by atoms with Gasteiger partial charge in [0.15, 0.2) is 5.82 Å². The first kappa shape index (κ1) is 29.1. The van der Waals surface area contributed by atoms with Crippen molar-refractivity contribution in [3.63, 3.8) is 0 Å². The van der Waals surface area contributed by atoms with Crippen molar-refractivity contribution >= 4 is 28.2 Å². The summed E-state index contributed by atoms with van der Waals surface area (Å²) >= 11 is 0. The predicted molar refractivity (Wildman–Crippen MR) is 142 cm³/mol. The Labute approximate surface area is 229 Å². The first-order chi connectivity index (χ1) is 19.3. The molecule has 0 amide bonds. The Morgan fingerprint density at radius 2 is 1.95 bits per heavy atom. The molecule has 40 heavy (non-hydrogen) atoms. The number of methoxy groups -OCH3 is 1. The second-order valence-corrected chi connectivity index (χ2v) is 9.76. The van der Waals surface area contributed by atoms with Crippen LogP contribution in [0.3, 0.4) is 0 Å². The molecule has 3 aromatic heterocycles. The summed E-state index contributed by atoms with van der Waals surface area (Å²) in [5.41, 5.74) is 12.8. The van der Waals surface area contributed by atoms with Crippen molar-refractivity contribution in [3.8, 4) is 17.1 Å². The van der Waals surface area contributed by atoms with Crippen molar-refractivity contribution in [3.05, 3.63) is 36.4 Å². The molecule has 1 aliphatic carbocycles. The predicted octanol–water partition coefficient (Wildman–Crippen LogP) is -2.16. The number of nitrogens with one attached hydrogen (secondary N) is 3. The van der Waals surface area contributed by atoms with Crippen molar-refractivity contribution in [2.75, 3.05) is 32.7 Å². The average molecular weight is 558 g/mol. The largest absolute Gasteiger partial charge is 0.550 e. The molecular weight excluding hydrogens is 522 g/mol. The number of aliphatic carboxylic acids is 1. The van der Waals surface area contributed by atoms with Crippen molar-refractivity contribution < 1.29 is 35.8 Å². The minimum atomic E-state index is -1.08. The number of aromatic amines is 1. The molecule has 0 spiro atoms. The zero-order valence-corrected chi connectivity index (χ0v) is 22.1. The molecule has 216 valence electrons. The van der Waals surface area contributed by atoms with Crippen molar-refractivity contribution in [1.29, 1.82) is 0 Å². The highest BCUT2D eigenvalue weighted by Crippen LogP contribution is 2.39. The molecule has 1 fully saturated rings. The maximum atomic E-state index is 11.2. The maximum Gasteiger partial charge on any atom is 0.153 e. The molecule has 0 unspecified atom stereocenters. The van der Waals surface area contributed by atoms with E-state index in [1.807, 2.05) is 24.3 Å². The van der Waals surface area contributed by atoms with Crippen LogP contribution in [0.15, 0.2) is 30.6 Å². The third-order valence-corrected chi connectivity index (χ3v) is 7.27. The molecule has 1 aromatic carbocycles. The number of hydrogen-bond acceptors (Lipinski definition) is 12. The fourth-order valence-electron chi connectivity index (χ4n) is 4.90. The average Bonchev–Trinajstić information content (AvgIpc) is 3.59. The number of rotatable bonds is 9. The topological polar surface area (TPSA) is 247 Å². The third-order valence-electron chi connectivity index (χ3n) is 7.27. The Hall–Kier alpha value is -3.86. The number of carboxylic acid groups (broad SMARTS) is 1. The van der Waals surface area contributed by atoms with Crippen LogP contribution in [0.4, 0.5) is 5.82 Å². The second kappa shape index (κ2) is 12.5. The lowest BCUT2D eigenvalue weighted by atomic mass is 9.82. The van der Waals surface area contributed by atoms with Gasteiger partial charge in [0, 0.05) is 17.3 Å². The van der Waals surface area contributed by atoms with Crippen molar-refractivity contribution in [2.24, 2.45) is 5.92 Å². The van der Waals surface area contributed by atoms with Crippen LogP contribution in [0.2, 0.25) is 0 Å². The molecule has 0 aliphatic heterocycles. The molecule has 0 atom stereocenters. The summed E-state index contributed by atoms with van der Waals surface area (Å²) in [6.07, 6.45) is 3.98. The smallest absolute Gasteiger partial charge is 0.153 e. The number of quaternary nitrogens is 1. The molecule has 11 N–H and O–H groups in total. The van der Waals surface area contributed by atoms with E-state index < -0.39 is 17.4 Å². The molecule has 0 saturated heterocycles. The van der Waals surface area contributed by atoms with E-state index in [4.69, 9.17) is 30.8 Å². The van der Waals surface area contributed by atoms with Crippen LogP contribution in [-0.4, -0.2) is 78.3 Å². The van der Waals surface area contributed by atoms with Crippen molar-refractivity contribution in [1.82, 2.24) is 35.5 Å². The highest BCUT2D eigenvalue weighted by atomic mass is 16.5. The van der Waals surface area contributed by atoms with Gasteiger partial charge in [-0.1, -0.05) is 12.1 Å². The molecule has 1 saturated carbocycles. The van der Waals surface area contributed by atoms with Gasteiger partial charge in [-0.3, -0.25) is 5.84 Å². The van der Waals surface area contributed by atoms with Crippen molar-refractivity contribution in [2.45, 2.75) is 37.1 Å². The number of imidazole rings is 1. The molecule has 0 bridgehead atoms. The number of aliphatic hydroxyl groups excluding tert-OH is 3. The summed E-state index contributed by atoms with van der Waals surface area (Å²) in [6.45, 7) is -1.08. The number of H-pyrrole nitrogens is 1. The summed E-state index contributed by atoms with van der Waals surface area (Å²) in [6, 6.07) is 7.83. The highest BCUT2D eigenvalue weighted by Gasteiger charge is 2.29. The van der Waals surface area contributed by atoms with Gasteiger partial charge in [-0.25, -0.2) is 14.5 Å². The fraction of sp³-hybridized carbons (Fsp3) is 0.440. The molecule has 3 heterocycles. The minimum absolute atomic E-state index is 0.0927. The van der Waals surface area contributed by atoms with Gasteiger partial charge in [0.05, 0.1) is 38.1 Å². The quantitative estimate of drug-likeness (QED) is 0.103. The number of carbonyl (C=O) groups is 1. The second-order valence-electron chi connectivity index (χ2n) is 9.76. The van der Waals surface area contributed by atoms with Gasteiger partial charge in [-0.05, 0) is 43.7 Å².